The summed E-state index contributed by atoms with van der Waals surface area (Å²) < 4.78 is 26.0. The molecule has 0 aliphatic heterocycles. The Morgan fingerprint density at radius 1 is 1.16 bits per heavy atom. The molecule has 2 rings (SSSR count). The van der Waals surface area contributed by atoms with Gasteiger partial charge in [0.2, 0.25) is 0 Å². The number of benzene rings is 1. The highest BCUT2D eigenvalue weighted by Gasteiger charge is 2.39. The summed E-state index contributed by atoms with van der Waals surface area (Å²) in [5.74, 6) is -0.0337. The van der Waals surface area contributed by atoms with Crippen LogP contribution >= 0.6 is 8.69 Å². The summed E-state index contributed by atoms with van der Waals surface area (Å²) >= 11 is 0. The fraction of sp³-hybridized carbons (Fsp3) is 0.667. The van der Waals surface area contributed by atoms with Crippen molar-refractivity contribution < 1.29 is 28.2 Å². The average molecular weight is 466 g/mol. The molecule has 4 unspecified atom stereocenters. The summed E-state index contributed by atoms with van der Waals surface area (Å²) in [7, 11) is 1.14. The van der Waals surface area contributed by atoms with Gasteiger partial charge in [0.05, 0.1) is 19.6 Å². The Labute approximate surface area is 192 Å². The molecular weight excluding hydrogens is 429 g/mol. The number of hydrogen-bond donors (Lipinski definition) is 1. The molecule has 0 bridgehead atoms. The van der Waals surface area contributed by atoms with E-state index in [0.29, 0.717) is 6.61 Å². The van der Waals surface area contributed by atoms with Crippen LogP contribution in [-0.2, 0) is 30.0 Å². The number of alkyl carbamates (subject to hydrolysis) is 1. The fourth-order valence-electron chi connectivity index (χ4n) is 4.84. The molecule has 1 aromatic rings. The van der Waals surface area contributed by atoms with Crippen molar-refractivity contribution in [3.8, 4) is 0 Å². The third-order valence-electron chi connectivity index (χ3n) is 6.42. The van der Waals surface area contributed by atoms with Crippen LogP contribution in [0.5, 0.6) is 0 Å². The Bertz CT molecular complexity index is 701. The van der Waals surface area contributed by atoms with Gasteiger partial charge in [-0.05, 0) is 49.5 Å². The lowest BCUT2D eigenvalue weighted by molar-refractivity contribution is -0.150. The molecule has 1 amide bonds. The van der Waals surface area contributed by atoms with Crippen LogP contribution in [-0.4, -0.2) is 31.8 Å². The molecule has 1 aliphatic rings. The first-order chi connectivity index (χ1) is 15.6. The molecule has 7 nitrogen and oxygen atoms in total. The second kappa shape index (κ2) is 15.0. The van der Waals surface area contributed by atoms with Gasteiger partial charge in [0.15, 0.2) is 0 Å². The number of carbonyl (C=O) groups is 2. The third-order valence-corrected chi connectivity index (χ3v) is 6.71. The normalized spacial score (nSPS) is 20.3. The summed E-state index contributed by atoms with van der Waals surface area (Å²) in [4.78, 5) is 25.1. The summed E-state index contributed by atoms with van der Waals surface area (Å²) in [5, 5.41) is 3.07. The van der Waals surface area contributed by atoms with Crippen molar-refractivity contribution >= 4 is 20.7 Å². The first-order valence-corrected chi connectivity index (χ1v) is 12.3. The van der Waals surface area contributed by atoms with Crippen molar-refractivity contribution in [3.05, 3.63) is 35.9 Å². The number of nitrogens with one attached hydrogen (secondary N) is 1. The van der Waals surface area contributed by atoms with E-state index in [0.717, 1.165) is 56.9 Å². The van der Waals surface area contributed by atoms with Crippen molar-refractivity contribution in [1.29, 1.82) is 0 Å². The maximum Gasteiger partial charge on any atom is 0.407 e. The van der Waals surface area contributed by atoms with Gasteiger partial charge in [-0.2, -0.15) is 0 Å². The van der Waals surface area contributed by atoms with E-state index in [9.17, 15) is 14.2 Å². The molecule has 1 saturated carbocycles. The molecule has 0 heterocycles. The van der Waals surface area contributed by atoms with Gasteiger partial charge in [0, 0.05) is 6.04 Å². The Morgan fingerprint density at radius 2 is 1.91 bits per heavy atom. The molecule has 1 aliphatic carbocycles. The van der Waals surface area contributed by atoms with E-state index >= 15 is 0 Å². The van der Waals surface area contributed by atoms with Gasteiger partial charge in [-0.1, -0.05) is 56.5 Å². The number of rotatable bonds is 13. The lowest BCUT2D eigenvalue weighted by Crippen LogP contribution is -2.46. The van der Waals surface area contributed by atoms with E-state index in [1.54, 1.807) is 0 Å². The van der Waals surface area contributed by atoms with E-state index in [2.05, 4.69) is 5.32 Å². The summed E-state index contributed by atoms with van der Waals surface area (Å²) in [6.45, 7) is 2.69. The molecule has 178 valence electrons. The zero-order valence-electron chi connectivity index (χ0n) is 19.2. The number of hydrogen-bond acceptors (Lipinski definition) is 6. The van der Waals surface area contributed by atoms with E-state index < -0.39 is 6.09 Å². The topological polar surface area (TPSA) is 90.9 Å². The molecule has 0 saturated heterocycles. The molecule has 0 aromatic heterocycles. The molecule has 1 fully saturated rings. The van der Waals surface area contributed by atoms with Crippen molar-refractivity contribution in [1.82, 2.24) is 5.32 Å². The summed E-state index contributed by atoms with van der Waals surface area (Å²) in [5.41, 5.74) is 0.933. The molecule has 4 atom stereocenters. The summed E-state index contributed by atoms with van der Waals surface area (Å²) in [6.07, 6.45) is 6.63. The molecule has 32 heavy (non-hydrogen) atoms. The third kappa shape index (κ3) is 8.51. The second-order valence-electron chi connectivity index (χ2n) is 8.37. The zero-order chi connectivity index (χ0) is 23.2. The minimum atomic E-state index is -0.440. The SMILES string of the molecule is CCC(NC(=O)OCc1ccccc1)C(CCCCOP=O)C1CCCCC1C(=O)OC. The van der Waals surface area contributed by atoms with Gasteiger partial charge in [0.1, 0.15) is 6.61 Å². The van der Waals surface area contributed by atoms with Gasteiger partial charge >= 0.3 is 20.7 Å². The lowest BCUT2D eigenvalue weighted by atomic mass is 9.68. The zero-order valence-corrected chi connectivity index (χ0v) is 20.1. The van der Waals surface area contributed by atoms with Crippen molar-refractivity contribution in [2.75, 3.05) is 13.7 Å². The van der Waals surface area contributed by atoms with Crippen LogP contribution in [0, 0.1) is 17.8 Å². The predicted octanol–water partition coefficient (Wildman–Crippen LogP) is 5.68. The molecular formula is C24H36NO6P. The molecule has 1 N–H and O–H groups in total. The highest BCUT2D eigenvalue weighted by molar-refractivity contribution is 7.17. The first kappa shape index (κ1) is 26.3. The van der Waals surface area contributed by atoms with E-state index in [1.165, 1.54) is 7.11 Å². The van der Waals surface area contributed by atoms with E-state index in [1.807, 2.05) is 37.3 Å². The standard InChI is InChI=1S/C24H36NO6P/c1-3-22(25-24(27)30-17-18-11-5-4-6-12-18)20(14-9-10-16-31-32-28)19-13-7-8-15-21(19)23(26)29-2/h4-6,11-12,19-22H,3,7-10,13-17H2,1-2H3,(H,25,27). The molecule has 0 spiro atoms. The number of carbonyl (C=O) groups excluding carboxylic acids is 2. The van der Waals surface area contributed by atoms with Gasteiger partial charge in [-0.3, -0.25) is 9.32 Å². The van der Waals surface area contributed by atoms with Gasteiger partial charge in [0.25, 0.3) is 0 Å². The monoisotopic (exact) mass is 465 g/mol. The van der Waals surface area contributed by atoms with E-state index in [4.69, 9.17) is 14.0 Å². The highest BCUT2D eigenvalue weighted by atomic mass is 31.1. The van der Waals surface area contributed by atoms with Crippen molar-refractivity contribution in [2.24, 2.45) is 17.8 Å². The van der Waals surface area contributed by atoms with Gasteiger partial charge < -0.3 is 14.8 Å². The smallest absolute Gasteiger partial charge is 0.407 e. The Kier molecular flexibility index (Phi) is 12.3. The largest absolute Gasteiger partial charge is 0.469 e. The number of unbranched alkanes of at least 4 members (excludes halogenated alkanes) is 1. The highest BCUT2D eigenvalue weighted by Crippen LogP contribution is 2.40. The maximum atomic E-state index is 12.6. The van der Waals surface area contributed by atoms with Crippen LogP contribution in [0.2, 0.25) is 0 Å². The van der Waals surface area contributed by atoms with Crippen LogP contribution in [0.4, 0.5) is 4.79 Å². The fourth-order valence-corrected chi connectivity index (χ4v) is 5.05. The summed E-state index contributed by atoms with van der Waals surface area (Å²) in [6, 6.07) is 9.47. The lowest BCUT2D eigenvalue weighted by Gasteiger charge is -2.39. The minimum absolute atomic E-state index is 0.105. The second-order valence-corrected chi connectivity index (χ2v) is 8.77. The Morgan fingerprint density at radius 3 is 2.59 bits per heavy atom. The quantitative estimate of drug-likeness (QED) is 0.229. The number of amides is 1. The van der Waals surface area contributed by atoms with Gasteiger partial charge in [-0.15, -0.1) is 0 Å². The Balaban J connectivity index is 2.06. The van der Waals surface area contributed by atoms with Crippen molar-refractivity contribution in [3.63, 3.8) is 0 Å². The maximum absolute atomic E-state index is 12.6. The number of methoxy groups -OCH3 is 1. The molecule has 1 aromatic carbocycles. The average Bonchev–Trinajstić information content (AvgIpc) is 2.84. The van der Waals surface area contributed by atoms with Crippen LogP contribution in [0.3, 0.4) is 0 Å². The van der Waals surface area contributed by atoms with Crippen LogP contribution in [0.15, 0.2) is 30.3 Å². The van der Waals surface area contributed by atoms with E-state index in [-0.39, 0.29) is 45.1 Å². The number of ether oxygens (including phenoxy) is 2. The molecule has 8 heteroatoms. The number of esters is 1. The first-order valence-electron chi connectivity index (χ1n) is 11.6. The van der Waals surface area contributed by atoms with Gasteiger partial charge in [-0.25, -0.2) is 9.36 Å². The van der Waals surface area contributed by atoms with Crippen LogP contribution in [0.25, 0.3) is 0 Å². The molecule has 0 radical (unpaired) electrons. The van der Waals surface area contributed by atoms with Crippen LogP contribution in [0.1, 0.15) is 63.9 Å². The minimum Gasteiger partial charge on any atom is -0.469 e. The Hall–Kier alpha value is -1.98. The predicted molar refractivity (Wildman–Crippen MR) is 122 cm³/mol. The van der Waals surface area contributed by atoms with Crippen molar-refractivity contribution in [2.45, 2.75) is 70.9 Å². The van der Waals surface area contributed by atoms with Crippen LogP contribution < -0.4 is 5.32 Å².